The number of aromatic nitrogens is 2. The summed E-state index contributed by atoms with van der Waals surface area (Å²) in [5.41, 5.74) is 0. The third-order valence-electron chi connectivity index (χ3n) is 3.26. The highest BCUT2D eigenvalue weighted by Gasteiger charge is 2.25. The number of hydrogen-bond donors (Lipinski definition) is 1. The van der Waals surface area contributed by atoms with E-state index in [9.17, 15) is 0 Å². The third-order valence-corrected chi connectivity index (χ3v) is 3.26. The van der Waals surface area contributed by atoms with Gasteiger partial charge in [-0.25, -0.2) is 4.98 Å². The Morgan fingerprint density at radius 1 is 1.38 bits per heavy atom. The van der Waals surface area contributed by atoms with Crippen molar-refractivity contribution < 1.29 is 0 Å². The Morgan fingerprint density at radius 2 is 2.00 bits per heavy atom. The number of imidazole rings is 1. The van der Waals surface area contributed by atoms with Gasteiger partial charge in [-0.2, -0.15) is 0 Å². The van der Waals surface area contributed by atoms with Gasteiger partial charge in [0, 0.05) is 44.6 Å². The van der Waals surface area contributed by atoms with E-state index < -0.39 is 0 Å². The van der Waals surface area contributed by atoms with Gasteiger partial charge >= 0.3 is 0 Å². The molecule has 1 aliphatic rings. The predicted octanol–water partition coefficient (Wildman–Crippen LogP) is 1.02. The van der Waals surface area contributed by atoms with E-state index in [-0.39, 0.29) is 12.4 Å². The third kappa shape index (κ3) is 2.75. The van der Waals surface area contributed by atoms with E-state index in [1.54, 1.807) is 0 Å². The van der Waals surface area contributed by atoms with Crippen LogP contribution >= 0.6 is 12.4 Å². The van der Waals surface area contributed by atoms with Crippen LogP contribution in [0.25, 0.3) is 0 Å². The van der Waals surface area contributed by atoms with Crippen LogP contribution in [0.4, 0.5) is 0 Å². The maximum atomic E-state index is 4.38. The first-order valence-electron chi connectivity index (χ1n) is 5.61. The fraction of sp³-hybridized carbons (Fsp3) is 0.727. The highest BCUT2D eigenvalue weighted by Crippen LogP contribution is 2.13. The van der Waals surface area contributed by atoms with E-state index >= 15 is 0 Å². The lowest BCUT2D eigenvalue weighted by Gasteiger charge is -2.39. The summed E-state index contributed by atoms with van der Waals surface area (Å²) < 4.78 is 2.10. The van der Waals surface area contributed by atoms with Crippen LogP contribution in [0.5, 0.6) is 0 Å². The molecule has 16 heavy (non-hydrogen) atoms. The van der Waals surface area contributed by atoms with Gasteiger partial charge in [0.05, 0.1) is 6.54 Å². The van der Waals surface area contributed by atoms with Crippen LogP contribution in [-0.2, 0) is 13.6 Å². The van der Waals surface area contributed by atoms with Crippen LogP contribution in [0.15, 0.2) is 12.4 Å². The fourth-order valence-electron chi connectivity index (χ4n) is 2.19. The molecule has 1 aliphatic heterocycles. The van der Waals surface area contributed by atoms with Gasteiger partial charge in [-0.1, -0.05) is 0 Å². The summed E-state index contributed by atoms with van der Waals surface area (Å²) in [7, 11) is 2.06. The highest BCUT2D eigenvalue weighted by atomic mass is 35.5. The average Bonchev–Trinajstić information content (AvgIpc) is 2.58. The summed E-state index contributed by atoms with van der Waals surface area (Å²) in [5, 5.41) is 3.44. The molecule has 1 aromatic rings. The zero-order valence-corrected chi connectivity index (χ0v) is 11.0. The molecular formula is C11H21ClN4. The van der Waals surface area contributed by atoms with Gasteiger partial charge < -0.3 is 9.88 Å². The van der Waals surface area contributed by atoms with Crippen molar-refractivity contribution in [3.8, 4) is 0 Å². The van der Waals surface area contributed by atoms with Crippen molar-refractivity contribution in [1.29, 1.82) is 0 Å². The zero-order valence-electron chi connectivity index (χ0n) is 10.2. The fourth-order valence-corrected chi connectivity index (χ4v) is 2.19. The number of halogens is 1. The smallest absolute Gasteiger partial charge is 0.122 e. The molecule has 0 spiro atoms. The van der Waals surface area contributed by atoms with Gasteiger partial charge in [0.25, 0.3) is 0 Å². The molecule has 0 bridgehead atoms. The molecule has 1 N–H and O–H groups in total. The first kappa shape index (κ1) is 13.5. The first-order chi connectivity index (χ1) is 7.18. The first-order valence-corrected chi connectivity index (χ1v) is 5.61. The zero-order chi connectivity index (χ0) is 10.8. The van der Waals surface area contributed by atoms with Gasteiger partial charge in [-0.3, -0.25) is 4.90 Å². The van der Waals surface area contributed by atoms with Crippen LogP contribution in [-0.4, -0.2) is 39.6 Å². The molecule has 1 aromatic heterocycles. The molecule has 2 heterocycles. The minimum Gasteiger partial charge on any atom is -0.337 e. The minimum atomic E-state index is 0. The Hall–Kier alpha value is -0.580. The predicted molar refractivity (Wildman–Crippen MR) is 67.8 cm³/mol. The van der Waals surface area contributed by atoms with Crippen LogP contribution in [0, 0.1) is 0 Å². The molecule has 0 aromatic carbocycles. The molecule has 0 amide bonds. The second-order valence-corrected chi connectivity index (χ2v) is 4.48. The standard InChI is InChI=1S/C11H20N4.ClH/c1-9-6-12-7-10(2)15(9)8-11-13-4-5-14(11)3;/h4-5,9-10,12H,6-8H2,1-3H3;1H/t9-,10+;. The minimum absolute atomic E-state index is 0. The van der Waals surface area contributed by atoms with E-state index in [4.69, 9.17) is 0 Å². The number of rotatable bonds is 2. The highest BCUT2D eigenvalue weighted by molar-refractivity contribution is 5.85. The van der Waals surface area contributed by atoms with Crippen molar-refractivity contribution in [1.82, 2.24) is 19.8 Å². The molecule has 4 nitrogen and oxygen atoms in total. The summed E-state index contributed by atoms with van der Waals surface area (Å²) >= 11 is 0. The summed E-state index contributed by atoms with van der Waals surface area (Å²) in [4.78, 5) is 6.89. The molecule has 2 atom stereocenters. The molecule has 1 fully saturated rings. The number of hydrogen-bond acceptors (Lipinski definition) is 3. The topological polar surface area (TPSA) is 33.1 Å². The van der Waals surface area contributed by atoms with E-state index in [0.29, 0.717) is 12.1 Å². The lowest BCUT2D eigenvalue weighted by atomic mass is 10.1. The molecular weight excluding hydrogens is 224 g/mol. The summed E-state index contributed by atoms with van der Waals surface area (Å²) in [6.45, 7) is 7.65. The molecule has 0 unspecified atom stereocenters. The normalized spacial score (nSPS) is 26.4. The van der Waals surface area contributed by atoms with E-state index in [2.05, 4.69) is 40.7 Å². The van der Waals surface area contributed by atoms with Crippen molar-refractivity contribution >= 4 is 12.4 Å². The van der Waals surface area contributed by atoms with Crippen molar-refractivity contribution in [2.75, 3.05) is 13.1 Å². The number of nitrogens with one attached hydrogen (secondary N) is 1. The molecule has 1 saturated heterocycles. The second kappa shape index (κ2) is 5.66. The Labute approximate surface area is 103 Å². The van der Waals surface area contributed by atoms with Crippen LogP contribution < -0.4 is 5.32 Å². The van der Waals surface area contributed by atoms with Gasteiger partial charge in [0.1, 0.15) is 5.82 Å². The van der Waals surface area contributed by atoms with Crippen LogP contribution in [0.3, 0.4) is 0 Å². The Kier molecular flexibility index (Phi) is 4.77. The van der Waals surface area contributed by atoms with E-state index in [0.717, 1.165) is 25.5 Å². The monoisotopic (exact) mass is 244 g/mol. The quantitative estimate of drug-likeness (QED) is 0.844. The maximum Gasteiger partial charge on any atom is 0.122 e. The Morgan fingerprint density at radius 3 is 2.50 bits per heavy atom. The van der Waals surface area contributed by atoms with Gasteiger partial charge in [0.2, 0.25) is 0 Å². The average molecular weight is 245 g/mol. The molecule has 92 valence electrons. The van der Waals surface area contributed by atoms with E-state index in [1.165, 1.54) is 0 Å². The Balaban J connectivity index is 0.00000128. The second-order valence-electron chi connectivity index (χ2n) is 4.48. The Bertz CT molecular complexity index is 316. The summed E-state index contributed by atoms with van der Waals surface area (Å²) in [6.07, 6.45) is 3.87. The molecule has 2 rings (SSSR count). The van der Waals surface area contributed by atoms with E-state index in [1.807, 2.05) is 12.4 Å². The van der Waals surface area contributed by atoms with Crippen molar-refractivity contribution in [3.63, 3.8) is 0 Å². The lowest BCUT2D eigenvalue weighted by Crippen LogP contribution is -2.54. The van der Waals surface area contributed by atoms with Crippen LogP contribution in [0.2, 0.25) is 0 Å². The maximum absolute atomic E-state index is 4.38. The SMILES string of the molecule is C[C@@H]1CNC[C@H](C)N1Cc1nccn1C.Cl. The molecule has 0 saturated carbocycles. The van der Waals surface area contributed by atoms with Gasteiger partial charge in [-0.15, -0.1) is 12.4 Å². The summed E-state index contributed by atoms with van der Waals surface area (Å²) in [6, 6.07) is 1.18. The van der Waals surface area contributed by atoms with Gasteiger partial charge in [-0.05, 0) is 13.8 Å². The molecule has 5 heteroatoms. The van der Waals surface area contributed by atoms with Crippen molar-refractivity contribution in [3.05, 3.63) is 18.2 Å². The lowest BCUT2D eigenvalue weighted by molar-refractivity contribution is 0.104. The number of aryl methyl sites for hydroxylation is 1. The number of nitrogens with zero attached hydrogens (tertiary/aromatic N) is 3. The summed E-state index contributed by atoms with van der Waals surface area (Å²) in [5.74, 6) is 1.15. The van der Waals surface area contributed by atoms with Crippen molar-refractivity contribution in [2.24, 2.45) is 7.05 Å². The van der Waals surface area contributed by atoms with Gasteiger partial charge in [0.15, 0.2) is 0 Å². The molecule has 0 radical (unpaired) electrons. The number of piperazine rings is 1. The molecule has 0 aliphatic carbocycles. The van der Waals surface area contributed by atoms with Crippen molar-refractivity contribution in [2.45, 2.75) is 32.5 Å². The van der Waals surface area contributed by atoms with Crippen LogP contribution in [0.1, 0.15) is 19.7 Å². The largest absolute Gasteiger partial charge is 0.337 e.